The highest BCUT2D eigenvalue weighted by Crippen LogP contribution is 2.41. The van der Waals surface area contributed by atoms with E-state index in [1.165, 1.54) is 0 Å². The third-order valence-electron chi connectivity index (χ3n) is 4.30. The number of fused-ring (bicyclic) bond motifs is 1. The van der Waals surface area contributed by atoms with Crippen molar-refractivity contribution in [2.75, 3.05) is 34.4 Å². The van der Waals surface area contributed by atoms with Gasteiger partial charge in [-0.25, -0.2) is 0 Å². The van der Waals surface area contributed by atoms with Gasteiger partial charge in [0.25, 0.3) is 0 Å². The fraction of sp³-hybridized carbons (Fsp3) is 0.364. The van der Waals surface area contributed by atoms with Gasteiger partial charge in [-0.1, -0.05) is 12.1 Å². The standard InChI is InChI=1S/C22H27NO3.ClH/c1-22(2)15-20(16-7-6-8-17(13-16)24-5)19-10-9-18(14-21(19)26-22)25-12-11-23(3)4;/h6-10,13-15H,11-12H2,1-5H3;1H. The fourth-order valence-electron chi connectivity index (χ4n) is 3.01. The zero-order chi connectivity index (χ0) is 18.7. The van der Waals surface area contributed by atoms with Crippen LogP contribution in [0, 0.1) is 0 Å². The molecule has 0 unspecified atom stereocenters. The maximum absolute atomic E-state index is 6.20. The first-order valence-corrected chi connectivity index (χ1v) is 8.86. The molecule has 0 spiro atoms. The van der Waals surface area contributed by atoms with Crippen molar-refractivity contribution < 1.29 is 14.2 Å². The molecule has 0 saturated heterocycles. The van der Waals surface area contributed by atoms with E-state index in [9.17, 15) is 0 Å². The monoisotopic (exact) mass is 389 g/mol. The molecule has 2 aromatic rings. The van der Waals surface area contributed by atoms with Crippen LogP contribution in [0.1, 0.15) is 25.0 Å². The topological polar surface area (TPSA) is 30.9 Å². The highest BCUT2D eigenvalue weighted by atomic mass is 35.5. The maximum Gasteiger partial charge on any atom is 0.132 e. The van der Waals surface area contributed by atoms with Crippen molar-refractivity contribution in [3.05, 3.63) is 59.7 Å². The van der Waals surface area contributed by atoms with Crippen LogP contribution in [0.15, 0.2) is 48.5 Å². The molecule has 0 N–H and O–H groups in total. The Balaban J connectivity index is 0.00000261. The van der Waals surface area contributed by atoms with Crippen LogP contribution in [0.3, 0.4) is 0 Å². The van der Waals surface area contributed by atoms with Crippen LogP contribution in [0.25, 0.3) is 5.57 Å². The molecule has 27 heavy (non-hydrogen) atoms. The molecule has 0 bridgehead atoms. The summed E-state index contributed by atoms with van der Waals surface area (Å²) >= 11 is 0. The van der Waals surface area contributed by atoms with Crippen molar-refractivity contribution in [3.8, 4) is 17.2 Å². The lowest BCUT2D eigenvalue weighted by Gasteiger charge is -2.31. The van der Waals surface area contributed by atoms with Gasteiger partial charge >= 0.3 is 0 Å². The molecule has 0 aliphatic carbocycles. The second-order valence-corrected chi connectivity index (χ2v) is 7.31. The second kappa shape index (κ2) is 8.68. The van der Waals surface area contributed by atoms with Crippen molar-refractivity contribution in [3.63, 3.8) is 0 Å². The Bertz CT molecular complexity index is 815. The van der Waals surface area contributed by atoms with Crippen LogP contribution in [0.5, 0.6) is 17.2 Å². The number of hydrogen-bond acceptors (Lipinski definition) is 4. The first kappa shape index (κ1) is 21.1. The summed E-state index contributed by atoms with van der Waals surface area (Å²) in [5.41, 5.74) is 2.93. The zero-order valence-corrected chi connectivity index (χ0v) is 17.4. The average molecular weight is 390 g/mol. The summed E-state index contributed by atoms with van der Waals surface area (Å²) in [6.07, 6.45) is 2.16. The minimum absolute atomic E-state index is 0. The van der Waals surface area contributed by atoms with Crippen molar-refractivity contribution in [1.29, 1.82) is 0 Å². The molecule has 0 radical (unpaired) electrons. The van der Waals surface area contributed by atoms with Crippen LogP contribution in [-0.4, -0.2) is 44.9 Å². The highest BCUT2D eigenvalue weighted by Gasteiger charge is 2.27. The Kier molecular flexibility index (Phi) is 6.79. The molecular formula is C22H28ClNO3. The SMILES string of the molecule is COc1cccc(C2=CC(C)(C)Oc3cc(OCCN(C)C)ccc32)c1.Cl. The minimum Gasteiger partial charge on any atom is -0.497 e. The Hall–Kier alpha value is -2.17. The lowest BCUT2D eigenvalue weighted by atomic mass is 9.90. The van der Waals surface area contributed by atoms with Crippen LogP contribution < -0.4 is 14.2 Å². The predicted octanol–water partition coefficient (Wildman–Crippen LogP) is 4.66. The third-order valence-corrected chi connectivity index (χ3v) is 4.30. The number of rotatable bonds is 6. The normalized spacial score (nSPS) is 14.5. The molecule has 0 aromatic heterocycles. The van der Waals surface area contributed by atoms with E-state index in [0.29, 0.717) is 6.61 Å². The van der Waals surface area contributed by atoms with Gasteiger partial charge in [-0.15, -0.1) is 12.4 Å². The number of likely N-dealkylation sites (N-methyl/N-ethyl adjacent to an activating group) is 1. The van der Waals surface area contributed by atoms with Crippen LogP contribution in [0.4, 0.5) is 0 Å². The quantitative estimate of drug-likeness (QED) is 0.718. The Morgan fingerprint density at radius 1 is 1.04 bits per heavy atom. The highest BCUT2D eigenvalue weighted by molar-refractivity contribution is 5.86. The van der Waals surface area contributed by atoms with E-state index in [1.54, 1.807) is 7.11 Å². The summed E-state index contributed by atoms with van der Waals surface area (Å²) in [5.74, 6) is 2.52. The Labute approximate surface area is 168 Å². The maximum atomic E-state index is 6.20. The van der Waals surface area contributed by atoms with Crippen LogP contribution in [0.2, 0.25) is 0 Å². The number of methoxy groups -OCH3 is 1. The molecule has 5 heteroatoms. The molecule has 1 heterocycles. The van der Waals surface area contributed by atoms with Crippen molar-refractivity contribution in [2.45, 2.75) is 19.4 Å². The van der Waals surface area contributed by atoms with E-state index in [2.05, 4.69) is 43.0 Å². The summed E-state index contributed by atoms with van der Waals surface area (Å²) in [4.78, 5) is 2.10. The molecule has 0 atom stereocenters. The third kappa shape index (κ3) is 5.18. The largest absolute Gasteiger partial charge is 0.497 e. The minimum atomic E-state index is -0.395. The van der Waals surface area contributed by atoms with Crippen molar-refractivity contribution in [2.24, 2.45) is 0 Å². The van der Waals surface area contributed by atoms with Crippen LogP contribution >= 0.6 is 12.4 Å². The molecule has 1 aliphatic heterocycles. The molecular weight excluding hydrogens is 362 g/mol. The molecule has 0 amide bonds. The Morgan fingerprint density at radius 3 is 2.52 bits per heavy atom. The lowest BCUT2D eigenvalue weighted by Crippen LogP contribution is -2.29. The lowest BCUT2D eigenvalue weighted by molar-refractivity contribution is 0.157. The molecule has 0 fully saturated rings. The summed E-state index contributed by atoms with van der Waals surface area (Å²) in [7, 11) is 5.76. The number of hydrogen-bond donors (Lipinski definition) is 0. The van der Waals surface area contributed by atoms with E-state index >= 15 is 0 Å². The van der Waals surface area contributed by atoms with Gasteiger partial charge in [0.15, 0.2) is 0 Å². The molecule has 4 nitrogen and oxygen atoms in total. The number of ether oxygens (including phenoxy) is 3. The Morgan fingerprint density at radius 2 is 1.81 bits per heavy atom. The van der Waals surface area contributed by atoms with E-state index in [4.69, 9.17) is 14.2 Å². The molecule has 0 saturated carbocycles. The molecule has 3 rings (SSSR count). The summed E-state index contributed by atoms with van der Waals surface area (Å²) in [6.45, 7) is 5.65. The summed E-state index contributed by atoms with van der Waals surface area (Å²) in [6, 6.07) is 14.2. The summed E-state index contributed by atoms with van der Waals surface area (Å²) in [5, 5.41) is 0. The van der Waals surface area contributed by atoms with Gasteiger partial charge in [-0.2, -0.15) is 0 Å². The van der Waals surface area contributed by atoms with E-state index in [-0.39, 0.29) is 12.4 Å². The average Bonchev–Trinajstić information content (AvgIpc) is 2.59. The zero-order valence-electron chi connectivity index (χ0n) is 16.6. The van der Waals surface area contributed by atoms with Gasteiger partial charge in [0, 0.05) is 18.2 Å². The van der Waals surface area contributed by atoms with E-state index in [1.807, 2.05) is 38.4 Å². The molecule has 1 aliphatic rings. The van der Waals surface area contributed by atoms with Gasteiger partial charge in [0.1, 0.15) is 29.5 Å². The first-order chi connectivity index (χ1) is 12.4. The molecule has 2 aromatic carbocycles. The van der Waals surface area contributed by atoms with Gasteiger partial charge in [-0.05, 0) is 69.4 Å². The second-order valence-electron chi connectivity index (χ2n) is 7.31. The number of halogens is 1. The predicted molar refractivity (Wildman–Crippen MR) is 113 cm³/mol. The first-order valence-electron chi connectivity index (χ1n) is 8.86. The molecule has 146 valence electrons. The van der Waals surface area contributed by atoms with E-state index in [0.717, 1.165) is 40.5 Å². The number of nitrogens with zero attached hydrogens (tertiary/aromatic N) is 1. The fourth-order valence-corrected chi connectivity index (χ4v) is 3.01. The van der Waals surface area contributed by atoms with Gasteiger partial charge in [0.05, 0.1) is 7.11 Å². The van der Waals surface area contributed by atoms with Gasteiger partial charge in [-0.3, -0.25) is 0 Å². The van der Waals surface area contributed by atoms with Crippen molar-refractivity contribution >= 4 is 18.0 Å². The van der Waals surface area contributed by atoms with E-state index < -0.39 is 5.60 Å². The van der Waals surface area contributed by atoms with Gasteiger partial charge in [0.2, 0.25) is 0 Å². The number of benzene rings is 2. The smallest absolute Gasteiger partial charge is 0.132 e. The van der Waals surface area contributed by atoms with Gasteiger partial charge < -0.3 is 19.1 Å². The van der Waals surface area contributed by atoms with Crippen molar-refractivity contribution in [1.82, 2.24) is 4.90 Å². The van der Waals surface area contributed by atoms with Crippen LogP contribution in [-0.2, 0) is 0 Å². The summed E-state index contributed by atoms with van der Waals surface area (Å²) < 4.78 is 17.5.